The minimum atomic E-state index is 1.39. The lowest BCUT2D eigenvalue weighted by Gasteiger charge is -2.21. The van der Waals surface area contributed by atoms with Crippen LogP contribution in [0.1, 0.15) is 27.7 Å². The van der Waals surface area contributed by atoms with Crippen LogP contribution in [0.25, 0.3) is 0 Å². The van der Waals surface area contributed by atoms with Crippen LogP contribution in [0.15, 0.2) is 22.3 Å². The highest BCUT2D eigenvalue weighted by Crippen LogP contribution is 2.38. The van der Waals surface area contributed by atoms with Crippen molar-refractivity contribution in [1.82, 2.24) is 4.90 Å². The van der Waals surface area contributed by atoms with Crippen LogP contribution in [0.3, 0.4) is 0 Å². The van der Waals surface area contributed by atoms with Crippen molar-refractivity contribution in [3.05, 3.63) is 28.3 Å². The molecule has 0 unspecified atom stereocenters. The molecule has 0 spiro atoms. The van der Waals surface area contributed by atoms with Crippen molar-refractivity contribution in [3.8, 4) is 0 Å². The molecule has 0 amide bonds. The molecular formula is C11H18N. The highest BCUT2D eigenvalue weighted by atomic mass is 15.1. The van der Waals surface area contributed by atoms with E-state index in [1.165, 1.54) is 28.3 Å². The van der Waals surface area contributed by atoms with Gasteiger partial charge >= 0.3 is 0 Å². The van der Waals surface area contributed by atoms with Crippen LogP contribution in [0, 0.1) is 6.04 Å². The van der Waals surface area contributed by atoms with Gasteiger partial charge in [0.2, 0.25) is 0 Å². The maximum atomic E-state index is 2.20. The molecule has 1 aliphatic carbocycles. The molecule has 0 aromatic heterocycles. The molecule has 1 nitrogen and oxygen atoms in total. The zero-order valence-corrected chi connectivity index (χ0v) is 8.95. The first-order valence-electron chi connectivity index (χ1n) is 4.37. The number of nitrogens with zero attached hydrogens (tertiary/aromatic N) is 1. The summed E-state index contributed by atoms with van der Waals surface area (Å²) in [5, 5.41) is 0. The molecule has 12 heavy (non-hydrogen) atoms. The molecule has 0 fully saturated rings. The maximum absolute atomic E-state index is 2.20. The first kappa shape index (κ1) is 9.53. The summed E-state index contributed by atoms with van der Waals surface area (Å²) in [6, 6.07) is 1.39. The van der Waals surface area contributed by atoms with Crippen LogP contribution in [0.2, 0.25) is 0 Å². The summed E-state index contributed by atoms with van der Waals surface area (Å²) in [5.41, 5.74) is 5.73. The van der Waals surface area contributed by atoms with E-state index in [0.717, 1.165) is 0 Å². The highest BCUT2D eigenvalue weighted by molar-refractivity contribution is 5.56. The van der Waals surface area contributed by atoms with Gasteiger partial charge in [0.15, 0.2) is 0 Å². The van der Waals surface area contributed by atoms with E-state index in [0.29, 0.717) is 0 Å². The first-order chi connectivity index (χ1) is 5.46. The van der Waals surface area contributed by atoms with Crippen molar-refractivity contribution in [2.75, 3.05) is 14.1 Å². The summed E-state index contributed by atoms with van der Waals surface area (Å²) < 4.78 is 0. The largest absolute Gasteiger partial charge is 0.294 e. The van der Waals surface area contributed by atoms with Gasteiger partial charge in [-0.2, -0.15) is 0 Å². The lowest BCUT2D eigenvalue weighted by molar-refractivity contribution is 0.459. The van der Waals surface area contributed by atoms with Crippen molar-refractivity contribution in [2.24, 2.45) is 0 Å². The van der Waals surface area contributed by atoms with Gasteiger partial charge in [0, 0.05) is 0 Å². The summed E-state index contributed by atoms with van der Waals surface area (Å²) >= 11 is 0. The molecule has 1 aliphatic rings. The first-order valence-corrected chi connectivity index (χ1v) is 4.37. The van der Waals surface area contributed by atoms with Gasteiger partial charge in [-0.3, -0.25) is 4.90 Å². The highest BCUT2D eigenvalue weighted by Gasteiger charge is 2.26. The summed E-state index contributed by atoms with van der Waals surface area (Å²) in [4.78, 5) is 2.20. The minimum absolute atomic E-state index is 1.39. The lowest BCUT2D eigenvalue weighted by atomic mass is 10.1. The van der Waals surface area contributed by atoms with Gasteiger partial charge in [-0.25, -0.2) is 0 Å². The Kier molecular flexibility index (Phi) is 2.43. The molecule has 0 atom stereocenters. The van der Waals surface area contributed by atoms with Gasteiger partial charge in [0.05, 0.1) is 6.04 Å². The molecule has 0 aliphatic heterocycles. The summed E-state index contributed by atoms with van der Waals surface area (Å²) in [6.45, 7) is 8.80. The second kappa shape index (κ2) is 3.06. The Morgan fingerprint density at radius 2 is 1.00 bits per heavy atom. The van der Waals surface area contributed by atoms with E-state index < -0.39 is 0 Å². The fourth-order valence-electron chi connectivity index (χ4n) is 1.87. The second-order valence-corrected chi connectivity index (χ2v) is 3.74. The lowest BCUT2D eigenvalue weighted by Crippen LogP contribution is -2.20. The van der Waals surface area contributed by atoms with Crippen LogP contribution in [-0.4, -0.2) is 19.0 Å². The van der Waals surface area contributed by atoms with E-state index in [1.54, 1.807) is 0 Å². The number of hydrogen-bond donors (Lipinski definition) is 0. The Morgan fingerprint density at radius 1 is 0.667 bits per heavy atom. The molecule has 0 aromatic carbocycles. The van der Waals surface area contributed by atoms with Crippen molar-refractivity contribution in [3.63, 3.8) is 0 Å². The minimum Gasteiger partial charge on any atom is -0.294 e. The number of likely N-dealkylation sites (N-methyl/N-ethyl adjacent to an activating group) is 1. The zero-order chi connectivity index (χ0) is 9.46. The Morgan fingerprint density at radius 3 is 1.17 bits per heavy atom. The molecule has 1 radical (unpaired) electrons. The predicted octanol–water partition coefficient (Wildman–Crippen LogP) is 2.77. The van der Waals surface area contributed by atoms with Crippen LogP contribution in [0.4, 0.5) is 0 Å². The Hall–Kier alpha value is -0.560. The smallest absolute Gasteiger partial charge is 0.0901 e. The molecule has 0 aromatic rings. The quantitative estimate of drug-likeness (QED) is 0.576. The fourth-order valence-corrected chi connectivity index (χ4v) is 1.87. The monoisotopic (exact) mass is 164 g/mol. The maximum Gasteiger partial charge on any atom is 0.0901 e. The van der Waals surface area contributed by atoms with E-state index >= 15 is 0 Å². The summed E-state index contributed by atoms with van der Waals surface area (Å²) in [7, 11) is 4.21. The van der Waals surface area contributed by atoms with Gasteiger partial charge in [-0.1, -0.05) is 0 Å². The van der Waals surface area contributed by atoms with E-state index in [2.05, 4.69) is 46.7 Å². The Labute approximate surface area is 75.8 Å². The van der Waals surface area contributed by atoms with Gasteiger partial charge in [-0.05, 0) is 64.1 Å². The molecule has 0 bridgehead atoms. The second-order valence-electron chi connectivity index (χ2n) is 3.74. The van der Waals surface area contributed by atoms with Crippen LogP contribution in [-0.2, 0) is 0 Å². The third-order valence-corrected chi connectivity index (χ3v) is 2.85. The van der Waals surface area contributed by atoms with E-state index in [1.807, 2.05) is 0 Å². The molecule has 0 saturated carbocycles. The fraction of sp³-hybridized carbons (Fsp3) is 0.545. The van der Waals surface area contributed by atoms with Crippen LogP contribution in [0.5, 0.6) is 0 Å². The van der Waals surface area contributed by atoms with Crippen molar-refractivity contribution >= 4 is 0 Å². The average molecular weight is 164 g/mol. The average Bonchev–Trinajstić information content (AvgIpc) is 2.16. The number of rotatable bonds is 1. The number of allylic oxidation sites excluding steroid dienone is 2. The molecule has 1 heteroatoms. The molecular weight excluding hydrogens is 146 g/mol. The Bertz CT molecular complexity index is 232. The van der Waals surface area contributed by atoms with Crippen molar-refractivity contribution < 1.29 is 0 Å². The van der Waals surface area contributed by atoms with E-state index in [-0.39, 0.29) is 0 Å². The van der Waals surface area contributed by atoms with Crippen molar-refractivity contribution in [2.45, 2.75) is 27.7 Å². The van der Waals surface area contributed by atoms with Crippen LogP contribution < -0.4 is 0 Å². The molecule has 0 saturated heterocycles. The van der Waals surface area contributed by atoms with Gasteiger partial charge in [0.25, 0.3) is 0 Å². The predicted molar refractivity (Wildman–Crippen MR) is 53.7 cm³/mol. The summed E-state index contributed by atoms with van der Waals surface area (Å²) in [6.07, 6.45) is 0. The molecule has 0 N–H and O–H groups in total. The SMILES string of the molecule is CC1=C(C)C(C)=C(C)[C]1N(C)C. The van der Waals surface area contributed by atoms with E-state index in [9.17, 15) is 0 Å². The standard InChI is InChI=1S/C11H18N/c1-7-8(2)10(4)11(9(7)3)12(5)6/h1-6H3. The van der Waals surface area contributed by atoms with Crippen molar-refractivity contribution in [1.29, 1.82) is 0 Å². The van der Waals surface area contributed by atoms with Gasteiger partial charge in [0.1, 0.15) is 0 Å². The molecule has 0 heterocycles. The topological polar surface area (TPSA) is 3.24 Å². The van der Waals surface area contributed by atoms with Gasteiger partial charge < -0.3 is 0 Å². The normalized spacial score (nSPS) is 20.2. The van der Waals surface area contributed by atoms with E-state index in [4.69, 9.17) is 0 Å². The number of hydrogen-bond acceptors (Lipinski definition) is 1. The third kappa shape index (κ3) is 1.22. The molecule has 67 valence electrons. The van der Waals surface area contributed by atoms with Gasteiger partial charge in [-0.15, -0.1) is 0 Å². The zero-order valence-electron chi connectivity index (χ0n) is 8.95. The third-order valence-electron chi connectivity index (χ3n) is 2.85. The summed E-state index contributed by atoms with van der Waals surface area (Å²) in [5.74, 6) is 0. The molecule has 1 rings (SSSR count). The Balaban J connectivity index is 3.08. The van der Waals surface area contributed by atoms with Crippen LogP contribution >= 0.6 is 0 Å².